The van der Waals surface area contributed by atoms with Crippen LogP contribution in [-0.2, 0) is 21.4 Å². The van der Waals surface area contributed by atoms with Gasteiger partial charge in [-0.15, -0.1) is 0 Å². The third-order valence-corrected chi connectivity index (χ3v) is 5.97. The van der Waals surface area contributed by atoms with Crippen LogP contribution in [0.2, 0.25) is 0 Å². The second-order valence-corrected chi connectivity index (χ2v) is 9.34. The number of anilines is 1. The largest absolute Gasteiger partial charge is 0.457 e. The van der Waals surface area contributed by atoms with Gasteiger partial charge in [-0.2, -0.15) is 0 Å². The molecule has 9 nitrogen and oxygen atoms in total. The van der Waals surface area contributed by atoms with Gasteiger partial charge in [0.15, 0.2) is 0 Å². The predicted molar refractivity (Wildman–Crippen MR) is 125 cm³/mol. The fourth-order valence-electron chi connectivity index (χ4n) is 3.07. The molecule has 3 aromatic rings. The highest BCUT2D eigenvalue weighted by molar-refractivity contribution is 7.92. The molecule has 2 aromatic carbocycles. The Morgan fingerprint density at radius 3 is 2.24 bits per heavy atom. The van der Waals surface area contributed by atoms with E-state index in [0.29, 0.717) is 22.9 Å². The van der Waals surface area contributed by atoms with Crippen LogP contribution in [0.3, 0.4) is 0 Å². The van der Waals surface area contributed by atoms with Crippen LogP contribution in [-0.4, -0.2) is 43.4 Å². The lowest BCUT2D eigenvalue weighted by atomic mass is 10.2. The van der Waals surface area contributed by atoms with Crippen molar-refractivity contribution in [1.82, 2.24) is 15.8 Å². The van der Waals surface area contributed by atoms with Gasteiger partial charge in [-0.3, -0.25) is 24.6 Å². The summed E-state index contributed by atoms with van der Waals surface area (Å²) in [5.41, 5.74) is 3.71. The van der Waals surface area contributed by atoms with Gasteiger partial charge < -0.3 is 4.74 Å². The standard InChI is InChI=1S/C23H26N4O5S/c1-17-6-10-20(11-7-17)32-21-12-8-19(9-13-21)27(33(2,30)31)16-22(23(28)26-29)25-15-18-5-3-4-14-24-18/h3-14,22,25,29H,15-16H2,1-2H3,(H,26,28). The molecule has 1 amide bonds. The number of hydroxylamine groups is 1. The third kappa shape index (κ3) is 7.01. The number of nitrogens with zero attached hydrogens (tertiary/aromatic N) is 2. The van der Waals surface area contributed by atoms with E-state index in [1.165, 1.54) is 0 Å². The number of sulfonamides is 1. The number of carbonyl (C=O) groups is 1. The van der Waals surface area contributed by atoms with E-state index >= 15 is 0 Å². The number of aromatic nitrogens is 1. The van der Waals surface area contributed by atoms with Crippen molar-refractivity contribution in [2.24, 2.45) is 0 Å². The van der Waals surface area contributed by atoms with Gasteiger partial charge >= 0.3 is 0 Å². The highest BCUT2D eigenvalue weighted by atomic mass is 32.2. The molecular weight excluding hydrogens is 444 g/mol. The van der Waals surface area contributed by atoms with Gasteiger partial charge in [0.1, 0.15) is 17.5 Å². The lowest BCUT2D eigenvalue weighted by Gasteiger charge is -2.27. The minimum absolute atomic E-state index is 0.208. The Morgan fingerprint density at radius 2 is 1.70 bits per heavy atom. The number of amides is 1. The summed E-state index contributed by atoms with van der Waals surface area (Å²) in [6.45, 7) is 1.95. The average molecular weight is 471 g/mol. The normalized spacial score (nSPS) is 12.1. The SMILES string of the molecule is Cc1ccc(Oc2ccc(N(CC(NCc3ccccn3)C(=O)NO)S(C)(=O)=O)cc2)cc1. The number of hydrogen-bond acceptors (Lipinski definition) is 7. The third-order valence-electron chi connectivity index (χ3n) is 4.81. The van der Waals surface area contributed by atoms with Gasteiger partial charge in [0.05, 0.1) is 24.2 Å². The fraction of sp³-hybridized carbons (Fsp3) is 0.217. The molecule has 1 heterocycles. The highest BCUT2D eigenvalue weighted by Crippen LogP contribution is 2.26. The van der Waals surface area contributed by atoms with Crippen LogP contribution in [0.1, 0.15) is 11.3 Å². The molecule has 10 heteroatoms. The molecule has 0 fully saturated rings. The first-order valence-corrected chi connectivity index (χ1v) is 12.0. The number of carbonyl (C=O) groups excluding carboxylic acids is 1. The lowest BCUT2D eigenvalue weighted by Crippen LogP contribution is -2.51. The van der Waals surface area contributed by atoms with E-state index in [1.54, 1.807) is 54.1 Å². The quantitative estimate of drug-likeness (QED) is 0.308. The fourth-order valence-corrected chi connectivity index (χ4v) is 3.99. The van der Waals surface area contributed by atoms with Crippen molar-refractivity contribution in [3.8, 4) is 11.5 Å². The first-order chi connectivity index (χ1) is 15.8. The summed E-state index contributed by atoms with van der Waals surface area (Å²) in [6.07, 6.45) is 2.66. The average Bonchev–Trinajstić information content (AvgIpc) is 2.81. The first-order valence-electron chi connectivity index (χ1n) is 10.2. The predicted octanol–water partition coefficient (Wildman–Crippen LogP) is 2.61. The van der Waals surface area contributed by atoms with Crippen LogP contribution in [0.5, 0.6) is 11.5 Å². The van der Waals surface area contributed by atoms with Gasteiger partial charge in [-0.25, -0.2) is 13.9 Å². The maximum Gasteiger partial charge on any atom is 0.262 e. The van der Waals surface area contributed by atoms with E-state index in [-0.39, 0.29) is 13.1 Å². The molecule has 1 unspecified atom stereocenters. The van der Waals surface area contributed by atoms with Crippen LogP contribution < -0.4 is 19.8 Å². The van der Waals surface area contributed by atoms with Gasteiger partial charge in [-0.05, 0) is 55.5 Å². The van der Waals surface area contributed by atoms with E-state index in [4.69, 9.17) is 9.94 Å². The van der Waals surface area contributed by atoms with Crippen molar-refractivity contribution in [2.75, 3.05) is 17.1 Å². The maximum absolute atomic E-state index is 12.5. The summed E-state index contributed by atoms with van der Waals surface area (Å²) in [5.74, 6) is 0.430. The number of ether oxygens (including phenoxy) is 1. The summed E-state index contributed by atoms with van der Waals surface area (Å²) < 4.78 is 31.9. The van der Waals surface area contributed by atoms with Crippen LogP contribution in [0.25, 0.3) is 0 Å². The summed E-state index contributed by atoms with van der Waals surface area (Å²) >= 11 is 0. The van der Waals surface area contributed by atoms with Crippen LogP contribution >= 0.6 is 0 Å². The molecule has 0 aliphatic rings. The van der Waals surface area contributed by atoms with Crippen LogP contribution in [0, 0.1) is 6.92 Å². The molecule has 1 atom stereocenters. The van der Waals surface area contributed by atoms with Crippen molar-refractivity contribution in [3.05, 3.63) is 84.2 Å². The smallest absolute Gasteiger partial charge is 0.262 e. The molecule has 0 spiro atoms. The second kappa shape index (κ2) is 10.9. The van der Waals surface area contributed by atoms with Crippen molar-refractivity contribution in [1.29, 1.82) is 0 Å². The Balaban J connectivity index is 1.77. The molecule has 0 radical (unpaired) electrons. The van der Waals surface area contributed by atoms with Crippen LogP contribution in [0.4, 0.5) is 5.69 Å². The molecule has 0 saturated heterocycles. The molecule has 0 bridgehead atoms. The summed E-state index contributed by atoms with van der Waals surface area (Å²) in [4.78, 5) is 16.4. The van der Waals surface area contributed by atoms with Crippen molar-refractivity contribution >= 4 is 21.6 Å². The summed E-state index contributed by atoms with van der Waals surface area (Å²) in [5, 5.41) is 12.1. The Hall–Kier alpha value is -3.47. The zero-order valence-electron chi connectivity index (χ0n) is 18.3. The zero-order chi connectivity index (χ0) is 23.8. The molecule has 0 saturated carbocycles. The topological polar surface area (TPSA) is 121 Å². The van der Waals surface area contributed by atoms with Crippen molar-refractivity contribution in [2.45, 2.75) is 19.5 Å². The second-order valence-electron chi connectivity index (χ2n) is 7.43. The molecular formula is C23H26N4O5S. The maximum atomic E-state index is 12.5. The molecule has 174 valence electrons. The molecule has 1 aromatic heterocycles. The number of benzene rings is 2. The lowest BCUT2D eigenvalue weighted by molar-refractivity contribution is -0.131. The first kappa shape index (κ1) is 24.2. The van der Waals surface area contributed by atoms with Gasteiger partial charge in [-0.1, -0.05) is 23.8 Å². The number of aryl methyl sites for hydroxylation is 1. The van der Waals surface area contributed by atoms with Gasteiger partial charge in [0.2, 0.25) is 10.0 Å². The van der Waals surface area contributed by atoms with Crippen LogP contribution in [0.15, 0.2) is 72.9 Å². The number of hydrogen-bond donors (Lipinski definition) is 3. The summed E-state index contributed by atoms with van der Waals surface area (Å²) in [7, 11) is -3.74. The van der Waals surface area contributed by atoms with Crippen molar-refractivity contribution in [3.63, 3.8) is 0 Å². The Morgan fingerprint density at radius 1 is 1.06 bits per heavy atom. The number of nitrogens with one attached hydrogen (secondary N) is 2. The number of pyridine rings is 1. The zero-order valence-corrected chi connectivity index (χ0v) is 19.1. The summed E-state index contributed by atoms with van der Waals surface area (Å²) in [6, 6.07) is 18.3. The minimum Gasteiger partial charge on any atom is -0.457 e. The van der Waals surface area contributed by atoms with Gasteiger partial charge in [0, 0.05) is 12.7 Å². The molecule has 0 aliphatic heterocycles. The van der Waals surface area contributed by atoms with Gasteiger partial charge in [0.25, 0.3) is 5.91 Å². The highest BCUT2D eigenvalue weighted by Gasteiger charge is 2.26. The van der Waals surface area contributed by atoms with E-state index < -0.39 is 22.0 Å². The molecule has 3 rings (SSSR count). The Kier molecular flexibility index (Phi) is 7.99. The number of rotatable bonds is 10. The van der Waals surface area contributed by atoms with E-state index in [2.05, 4.69) is 10.3 Å². The van der Waals surface area contributed by atoms with Crippen molar-refractivity contribution < 1.29 is 23.2 Å². The Bertz CT molecular complexity index is 1150. The van der Waals surface area contributed by atoms with E-state index in [1.807, 2.05) is 31.2 Å². The van der Waals surface area contributed by atoms with E-state index in [9.17, 15) is 13.2 Å². The molecule has 0 aliphatic carbocycles. The Labute approximate surface area is 193 Å². The molecule has 33 heavy (non-hydrogen) atoms. The monoisotopic (exact) mass is 470 g/mol. The molecule has 3 N–H and O–H groups in total. The minimum atomic E-state index is -3.74. The van der Waals surface area contributed by atoms with E-state index in [0.717, 1.165) is 16.1 Å².